The van der Waals surface area contributed by atoms with Crippen LogP contribution in [0.5, 0.6) is 0 Å². The molecule has 0 saturated heterocycles. The number of hydrogen-bond donors (Lipinski definition) is 1. The van der Waals surface area contributed by atoms with Gasteiger partial charge in [-0.25, -0.2) is 0 Å². The smallest absolute Gasteiger partial charge is 0.193 e. The van der Waals surface area contributed by atoms with E-state index in [0.29, 0.717) is 0 Å². The van der Waals surface area contributed by atoms with E-state index < -0.39 is 0 Å². The maximum Gasteiger partial charge on any atom is 0.193 e. The van der Waals surface area contributed by atoms with E-state index in [1.54, 1.807) is 18.4 Å². The van der Waals surface area contributed by atoms with Crippen LogP contribution in [0.1, 0.15) is 16.5 Å². The number of likely N-dealkylation sites (N-methyl/N-ethyl adjacent to an activating group) is 1. The van der Waals surface area contributed by atoms with Crippen molar-refractivity contribution in [3.05, 3.63) is 39.3 Å². The first-order chi connectivity index (χ1) is 11.4. The molecule has 0 aliphatic carbocycles. The number of aryl methyl sites for hydroxylation is 1. The lowest BCUT2D eigenvalue weighted by atomic mass is 10.1. The molecule has 1 atom stereocenters. The third-order valence-corrected chi connectivity index (χ3v) is 5.00. The summed E-state index contributed by atoms with van der Waals surface area (Å²) in [6.07, 6.45) is 3.96. The number of rotatable bonds is 6. The van der Waals surface area contributed by atoms with E-state index in [1.165, 1.54) is 10.4 Å². The molecule has 0 amide bonds. The van der Waals surface area contributed by atoms with E-state index in [1.807, 2.05) is 37.2 Å². The minimum atomic E-state index is 0. The first-order valence-electron chi connectivity index (χ1n) is 7.71. The Morgan fingerprint density at radius 3 is 2.60 bits per heavy atom. The van der Waals surface area contributed by atoms with Crippen LogP contribution in [-0.2, 0) is 13.6 Å². The van der Waals surface area contributed by atoms with Crippen LogP contribution in [0, 0.1) is 0 Å². The highest BCUT2D eigenvalue weighted by Gasteiger charge is 2.17. The summed E-state index contributed by atoms with van der Waals surface area (Å²) in [6.45, 7) is 1.53. The molecule has 9 heteroatoms. The van der Waals surface area contributed by atoms with E-state index in [9.17, 15) is 0 Å². The van der Waals surface area contributed by atoms with Crippen molar-refractivity contribution in [2.75, 3.05) is 34.7 Å². The summed E-state index contributed by atoms with van der Waals surface area (Å²) in [5.41, 5.74) is 1.18. The van der Waals surface area contributed by atoms with Gasteiger partial charge in [-0.05, 0) is 26.2 Å². The second-order valence-corrected chi connectivity index (χ2v) is 7.72. The van der Waals surface area contributed by atoms with E-state index in [2.05, 4.69) is 45.4 Å². The second kappa shape index (κ2) is 10.3. The minimum absolute atomic E-state index is 0. The van der Waals surface area contributed by atoms with Crippen LogP contribution < -0.4 is 5.32 Å². The fourth-order valence-electron chi connectivity index (χ4n) is 2.53. The van der Waals surface area contributed by atoms with Gasteiger partial charge in [0.1, 0.15) is 0 Å². The zero-order valence-electron chi connectivity index (χ0n) is 15.2. The monoisotopic (exact) mass is 496 g/mol. The normalized spacial score (nSPS) is 12.8. The van der Waals surface area contributed by atoms with Crippen molar-refractivity contribution in [2.24, 2.45) is 12.0 Å². The highest BCUT2D eigenvalue weighted by Crippen LogP contribution is 2.22. The van der Waals surface area contributed by atoms with Gasteiger partial charge in [0.2, 0.25) is 0 Å². The quantitative estimate of drug-likeness (QED) is 0.379. The summed E-state index contributed by atoms with van der Waals surface area (Å²) in [5.74, 6) is 0.857. The number of aromatic nitrogens is 2. The summed E-state index contributed by atoms with van der Waals surface area (Å²) < 4.78 is 2.64. The van der Waals surface area contributed by atoms with Crippen molar-refractivity contribution >= 4 is 52.9 Å². The zero-order chi connectivity index (χ0) is 17.7. The number of thiophene rings is 1. The van der Waals surface area contributed by atoms with Crippen LogP contribution in [0.4, 0.5) is 0 Å². The fourth-order valence-corrected chi connectivity index (χ4v) is 3.67. The maximum atomic E-state index is 6.01. The molecule has 1 unspecified atom stereocenters. The van der Waals surface area contributed by atoms with Gasteiger partial charge in [-0.2, -0.15) is 5.10 Å². The average Bonchev–Trinajstić information content (AvgIpc) is 3.12. The van der Waals surface area contributed by atoms with Crippen molar-refractivity contribution in [3.63, 3.8) is 0 Å². The molecule has 0 aliphatic heterocycles. The molecule has 25 heavy (non-hydrogen) atoms. The topological polar surface area (TPSA) is 48.7 Å². The minimum Gasteiger partial charge on any atom is -0.354 e. The van der Waals surface area contributed by atoms with Crippen LogP contribution >= 0.6 is 46.9 Å². The van der Waals surface area contributed by atoms with Crippen molar-refractivity contribution < 1.29 is 0 Å². The van der Waals surface area contributed by atoms with Gasteiger partial charge in [-0.15, -0.1) is 35.3 Å². The average molecular weight is 497 g/mol. The van der Waals surface area contributed by atoms with E-state index in [4.69, 9.17) is 11.6 Å². The van der Waals surface area contributed by atoms with Gasteiger partial charge in [0.15, 0.2) is 5.96 Å². The molecular weight excluding hydrogens is 471 g/mol. The number of hydrogen-bond acceptors (Lipinski definition) is 4. The highest BCUT2D eigenvalue weighted by molar-refractivity contribution is 14.0. The largest absolute Gasteiger partial charge is 0.354 e. The third kappa shape index (κ3) is 6.43. The van der Waals surface area contributed by atoms with Gasteiger partial charge in [0.25, 0.3) is 0 Å². The van der Waals surface area contributed by atoms with Crippen LogP contribution in [0.3, 0.4) is 0 Å². The van der Waals surface area contributed by atoms with Gasteiger partial charge in [0, 0.05) is 44.3 Å². The molecule has 0 spiro atoms. The molecule has 6 nitrogen and oxygen atoms in total. The summed E-state index contributed by atoms with van der Waals surface area (Å²) in [7, 11) is 9.90. The van der Waals surface area contributed by atoms with Crippen molar-refractivity contribution in [2.45, 2.75) is 12.6 Å². The third-order valence-electron chi connectivity index (χ3n) is 3.78. The van der Waals surface area contributed by atoms with Gasteiger partial charge in [-0.1, -0.05) is 11.6 Å². The Bertz CT molecular complexity index is 684. The zero-order valence-corrected chi connectivity index (χ0v) is 19.1. The lowest BCUT2D eigenvalue weighted by Crippen LogP contribution is -2.42. The van der Waals surface area contributed by atoms with Crippen LogP contribution in [0.15, 0.2) is 29.5 Å². The number of guanidine groups is 1. The van der Waals surface area contributed by atoms with Crippen molar-refractivity contribution in [1.82, 2.24) is 24.9 Å². The van der Waals surface area contributed by atoms with Crippen molar-refractivity contribution in [1.29, 1.82) is 0 Å². The Morgan fingerprint density at radius 2 is 2.12 bits per heavy atom. The Labute approximate surface area is 175 Å². The van der Waals surface area contributed by atoms with Crippen molar-refractivity contribution in [3.8, 4) is 0 Å². The summed E-state index contributed by atoms with van der Waals surface area (Å²) >= 11 is 7.60. The summed E-state index contributed by atoms with van der Waals surface area (Å²) in [6, 6.07) is 4.20. The van der Waals surface area contributed by atoms with Gasteiger partial charge in [-0.3, -0.25) is 9.67 Å². The van der Waals surface area contributed by atoms with Crippen LogP contribution in [-0.4, -0.2) is 60.3 Å². The molecule has 1 N–H and O–H groups in total. The summed E-state index contributed by atoms with van der Waals surface area (Å²) in [4.78, 5) is 9.87. The van der Waals surface area contributed by atoms with Gasteiger partial charge in [0.05, 0.1) is 23.1 Å². The molecule has 0 fully saturated rings. The van der Waals surface area contributed by atoms with Gasteiger partial charge >= 0.3 is 0 Å². The highest BCUT2D eigenvalue weighted by atomic mass is 127. The number of halogens is 2. The lowest BCUT2D eigenvalue weighted by molar-refractivity contribution is 0.295. The lowest BCUT2D eigenvalue weighted by Gasteiger charge is -2.27. The molecule has 2 aromatic heterocycles. The molecule has 0 saturated carbocycles. The molecular formula is C16H26ClIN6S. The SMILES string of the molecule is CN=C(NCC(c1cnn(C)c1)N(C)C)N(C)Cc1ccc(Cl)s1.I. The number of nitrogens with zero attached hydrogens (tertiary/aromatic N) is 5. The first-order valence-corrected chi connectivity index (χ1v) is 8.91. The van der Waals surface area contributed by atoms with E-state index in [0.717, 1.165) is 23.4 Å². The standard InChI is InChI=1S/C16H25ClN6S.HI/c1-18-16(22(4)11-13-6-7-15(17)24-13)19-9-14(21(2)3)12-8-20-23(5)10-12;/h6-8,10,14H,9,11H2,1-5H3,(H,18,19);1H. The molecule has 2 aromatic rings. The molecule has 0 radical (unpaired) electrons. The predicted molar refractivity (Wildman–Crippen MR) is 117 cm³/mol. The Morgan fingerprint density at radius 1 is 1.40 bits per heavy atom. The maximum absolute atomic E-state index is 6.01. The molecule has 0 aromatic carbocycles. The predicted octanol–water partition coefficient (Wildman–Crippen LogP) is 3.06. The van der Waals surface area contributed by atoms with Crippen LogP contribution in [0.2, 0.25) is 4.34 Å². The summed E-state index contributed by atoms with van der Waals surface area (Å²) in [5, 5.41) is 7.73. The molecule has 2 rings (SSSR count). The van der Waals surface area contributed by atoms with E-state index >= 15 is 0 Å². The molecule has 0 bridgehead atoms. The number of aliphatic imine (C=N–C) groups is 1. The Balaban J connectivity index is 0.00000312. The molecule has 0 aliphatic rings. The Kier molecular flexibility index (Phi) is 9.19. The fraction of sp³-hybridized carbons (Fsp3) is 0.500. The molecule has 2 heterocycles. The second-order valence-electron chi connectivity index (χ2n) is 5.92. The Hall–Kier alpha value is -0.840. The van der Waals surface area contributed by atoms with Gasteiger partial charge < -0.3 is 15.1 Å². The number of nitrogens with one attached hydrogen (secondary N) is 1. The van der Waals surface area contributed by atoms with Crippen LogP contribution in [0.25, 0.3) is 0 Å². The van der Waals surface area contributed by atoms with E-state index in [-0.39, 0.29) is 30.0 Å². The first kappa shape index (κ1) is 22.2. The molecule has 140 valence electrons.